The summed E-state index contributed by atoms with van der Waals surface area (Å²) in [6.45, 7) is 2.12. The Morgan fingerprint density at radius 1 is 1.38 bits per heavy atom. The first-order chi connectivity index (χ1) is 7.81. The van der Waals surface area contributed by atoms with Gasteiger partial charge in [0.05, 0.1) is 6.61 Å². The molecule has 0 fully saturated rings. The van der Waals surface area contributed by atoms with Crippen LogP contribution < -0.4 is 0 Å². The van der Waals surface area contributed by atoms with Gasteiger partial charge in [-0.2, -0.15) is 0 Å². The minimum atomic E-state index is -0.413. The predicted molar refractivity (Wildman–Crippen MR) is 55.6 cm³/mol. The van der Waals surface area contributed by atoms with Crippen LogP contribution in [0.5, 0.6) is 0 Å². The molecule has 0 atom stereocenters. The quantitative estimate of drug-likeness (QED) is 0.571. The Kier molecular flexibility index (Phi) is 4.04. The van der Waals surface area contributed by atoms with E-state index in [1.54, 1.807) is 13.0 Å². The van der Waals surface area contributed by atoms with Crippen LogP contribution in [0.1, 0.15) is 17.5 Å². The summed E-state index contributed by atoms with van der Waals surface area (Å²) in [5.41, 5.74) is 0.704. The minimum absolute atomic E-state index is 0.257. The number of ether oxygens (including phenoxy) is 1. The summed E-state index contributed by atoms with van der Waals surface area (Å²) in [4.78, 5) is 11.3. The number of hydrogen-bond donors (Lipinski definition) is 0. The number of carbonyl (C=O) groups excluding carboxylic acids is 1. The van der Waals surface area contributed by atoms with Crippen molar-refractivity contribution in [1.82, 2.24) is 0 Å². The lowest BCUT2D eigenvalue weighted by Crippen LogP contribution is -2.02. The molecule has 0 aliphatic heterocycles. The van der Waals surface area contributed by atoms with Gasteiger partial charge in [-0.15, -0.1) is 0 Å². The van der Waals surface area contributed by atoms with E-state index in [0.717, 1.165) is 5.39 Å². The maximum Gasteiger partial charge on any atom is 0.374 e. The van der Waals surface area contributed by atoms with Gasteiger partial charge < -0.3 is 9.15 Å². The molecular formula is C11H10N2O3. The SMILES string of the molecule is CCOC(=O)c1cc2ccccc2o1.N#N. The van der Waals surface area contributed by atoms with Crippen molar-refractivity contribution in [2.45, 2.75) is 6.92 Å². The third kappa shape index (κ3) is 2.36. The van der Waals surface area contributed by atoms with Crippen molar-refractivity contribution in [2.75, 3.05) is 6.61 Å². The average Bonchev–Trinajstić information content (AvgIpc) is 2.75. The summed E-state index contributed by atoms with van der Waals surface area (Å²) >= 11 is 0. The van der Waals surface area contributed by atoms with Crippen LogP contribution in [-0.4, -0.2) is 12.6 Å². The van der Waals surface area contributed by atoms with E-state index in [2.05, 4.69) is 0 Å². The average molecular weight is 218 g/mol. The van der Waals surface area contributed by atoms with E-state index in [1.807, 2.05) is 24.3 Å². The molecule has 16 heavy (non-hydrogen) atoms. The van der Waals surface area contributed by atoms with Gasteiger partial charge in [-0.25, -0.2) is 4.79 Å². The number of esters is 1. The Hall–Kier alpha value is -2.35. The number of rotatable bonds is 2. The van der Waals surface area contributed by atoms with Gasteiger partial charge in [0.2, 0.25) is 5.76 Å². The fraction of sp³-hybridized carbons (Fsp3) is 0.182. The molecule has 82 valence electrons. The van der Waals surface area contributed by atoms with Gasteiger partial charge in [-0.3, -0.25) is 0 Å². The molecule has 0 aliphatic rings. The smallest absolute Gasteiger partial charge is 0.374 e. The van der Waals surface area contributed by atoms with E-state index in [-0.39, 0.29) is 5.76 Å². The van der Waals surface area contributed by atoms with Crippen molar-refractivity contribution in [3.63, 3.8) is 0 Å². The lowest BCUT2D eigenvalue weighted by molar-refractivity contribution is 0.0492. The van der Waals surface area contributed by atoms with Gasteiger partial charge in [0.15, 0.2) is 0 Å². The molecule has 1 aromatic heterocycles. The first-order valence-electron chi connectivity index (χ1n) is 4.67. The maximum atomic E-state index is 11.3. The fourth-order valence-corrected chi connectivity index (χ4v) is 1.28. The van der Waals surface area contributed by atoms with E-state index >= 15 is 0 Å². The molecule has 0 bridgehead atoms. The molecule has 1 aromatic carbocycles. The van der Waals surface area contributed by atoms with E-state index in [0.29, 0.717) is 12.2 Å². The molecule has 0 saturated carbocycles. The lowest BCUT2D eigenvalue weighted by atomic mass is 10.2. The van der Waals surface area contributed by atoms with Crippen molar-refractivity contribution in [3.8, 4) is 0 Å². The number of benzene rings is 1. The summed E-state index contributed by atoms with van der Waals surface area (Å²) in [6.07, 6.45) is 0. The summed E-state index contributed by atoms with van der Waals surface area (Å²) in [7, 11) is 0. The third-order valence-electron chi connectivity index (χ3n) is 1.90. The number of para-hydroxylation sites is 1. The normalized spacial score (nSPS) is 9.19. The lowest BCUT2D eigenvalue weighted by Gasteiger charge is -1.95. The molecule has 0 radical (unpaired) electrons. The van der Waals surface area contributed by atoms with Crippen molar-refractivity contribution < 1.29 is 13.9 Å². The number of fused-ring (bicyclic) bond motifs is 1. The van der Waals surface area contributed by atoms with Gasteiger partial charge in [0.1, 0.15) is 5.58 Å². The Labute approximate surface area is 92.0 Å². The van der Waals surface area contributed by atoms with Crippen molar-refractivity contribution in [2.24, 2.45) is 0 Å². The fourth-order valence-electron chi connectivity index (χ4n) is 1.28. The summed E-state index contributed by atoms with van der Waals surface area (Å²) < 4.78 is 10.1. The van der Waals surface area contributed by atoms with Crippen LogP contribution in [-0.2, 0) is 4.74 Å². The monoisotopic (exact) mass is 218 g/mol. The first kappa shape index (κ1) is 11.7. The zero-order valence-electron chi connectivity index (χ0n) is 8.71. The number of furan rings is 1. The van der Waals surface area contributed by atoms with Crippen molar-refractivity contribution in [3.05, 3.63) is 36.1 Å². The topological polar surface area (TPSA) is 87.0 Å². The molecule has 5 heteroatoms. The Bertz CT molecular complexity index is 469. The molecule has 0 unspecified atom stereocenters. The zero-order chi connectivity index (χ0) is 12.0. The van der Waals surface area contributed by atoms with Gasteiger partial charge >= 0.3 is 5.97 Å². The molecule has 5 nitrogen and oxygen atoms in total. The molecule has 2 rings (SSSR count). The largest absolute Gasteiger partial charge is 0.460 e. The van der Waals surface area contributed by atoms with Crippen LogP contribution in [0.25, 0.3) is 11.0 Å². The second kappa shape index (κ2) is 5.51. The van der Waals surface area contributed by atoms with Gasteiger partial charge in [0.25, 0.3) is 0 Å². The molecule has 0 saturated heterocycles. The Balaban J connectivity index is 0.000000606. The highest BCUT2D eigenvalue weighted by molar-refractivity contribution is 5.92. The summed E-state index contributed by atoms with van der Waals surface area (Å²) in [5, 5.41) is 12.9. The maximum absolute atomic E-state index is 11.3. The third-order valence-corrected chi connectivity index (χ3v) is 1.90. The number of carbonyl (C=O) groups is 1. The molecule has 2 aromatic rings. The minimum Gasteiger partial charge on any atom is -0.460 e. The van der Waals surface area contributed by atoms with E-state index in [4.69, 9.17) is 19.9 Å². The highest BCUT2D eigenvalue weighted by atomic mass is 16.5. The second-order valence-corrected chi connectivity index (χ2v) is 2.87. The predicted octanol–water partition coefficient (Wildman–Crippen LogP) is 2.64. The van der Waals surface area contributed by atoms with Crippen molar-refractivity contribution >= 4 is 16.9 Å². The van der Waals surface area contributed by atoms with Gasteiger partial charge in [-0.1, -0.05) is 18.2 Å². The molecule has 0 amide bonds. The molecule has 1 heterocycles. The number of hydrogen-bond acceptors (Lipinski definition) is 5. The van der Waals surface area contributed by atoms with Crippen LogP contribution in [0.3, 0.4) is 0 Å². The van der Waals surface area contributed by atoms with Crippen LogP contribution in [0.15, 0.2) is 34.7 Å². The van der Waals surface area contributed by atoms with Crippen LogP contribution in [0.2, 0.25) is 0 Å². The van der Waals surface area contributed by atoms with Gasteiger partial charge in [0, 0.05) is 16.2 Å². The molecule has 0 N–H and O–H groups in total. The highest BCUT2D eigenvalue weighted by Crippen LogP contribution is 2.19. The van der Waals surface area contributed by atoms with Gasteiger partial charge in [-0.05, 0) is 19.1 Å². The molecule has 0 aliphatic carbocycles. The standard InChI is InChI=1S/C11H10O3.N2/c1-2-13-11(12)10-7-8-5-3-4-6-9(8)14-10;1-2/h3-7H,2H2,1H3;. The second-order valence-electron chi connectivity index (χ2n) is 2.87. The van der Waals surface area contributed by atoms with Crippen LogP contribution >= 0.6 is 0 Å². The summed E-state index contributed by atoms with van der Waals surface area (Å²) in [6, 6.07) is 9.15. The van der Waals surface area contributed by atoms with E-state index in [9.17, 15) is 4.79 Å². The van der Waals surface area contributed by atoms with Crippen molar-refractivity contribution in [1.29, 1.82) is 10.8 Å². The first-order valence-corrected chi connectivity index (χ1v) is 4.67. The van der Waals surface area contributed by atoms with E-state index < -0.39 is 5.97 Å². The van der Waals surface area contributed by atoms with Crippen LogP contribution in [0, 0.1) is 10.8 Å². The van der Waals surface area contributed by atoms with E-state index in [1.165, 1.54) is 0 Å². The zero-order valence-corrected chi connectivity index (χ0v) is 8.71. The highest BCUT2D eigenvalue weighted by Gasteiger charge is 2.11. The Morgan fingerprint density at radius 2 is 2.06 bits per heavy atom. The molecular weight excluding hydrogens is 208 g/mol. The number of nitrogens with zero attached hydrogens (tertiary/aromatic N) is 2. The van der Waals surface area contributed by atoms with Crippen LogP contribution in [0.4, 0.5) is 0 Å². The Morgan fingerprint density at radius 3 is 2.69 bits per heavy atom. The molecule has 0 spiro atoms. The summed E-state index contributed by atoms with van der Waals surface area (Å²) in [5.74, 6) is -0.156.